The summed E-state index contributed by atoms with van der Waals surface area (Å²) >= 11 is 0. The summed E-state index contributed by atoms with van der Waals surface area (Å²) in [7, 11) is 1.60. The summed E-state index contributed by atoms with van der Waals surface area (Å²) in [5.41, 5.74) is 3.60. The summed E-state index contributed by atoms with van der Waals surface area (Å²) < 4.78 is 10.4. The summed E-state index contributed by atoms with van der Waals surface area (Å²) in [4.78, 5) is 32.7. The Morgan fingerprint density at radius 1 is 1.00 bits per heavy atom. The summed E-state index contributed by atoms with van der Waals surface area (Å²) in [6, 6.07) is 13.1. The van der Waals surface area contributed by atoms with Crippen LogP contribution in [0.5, 0.6) is 5.75 Å². The molecule has 3 aromatic rings. The predicted molar refractivity (Wildman–Crippen MR) is 110 cm³/mol. The van der Waals surface area contributed by atoms with Crippen LogP contribution in [0.25, 0.3) is 11.4 Å². The number of anilines is 1. The van der Waals surface area contributed by atoms with Crippen molar-refractivity contribution < 1.29 is 18.8 Å². The van der Waals surface area contributed by atoms with Gasteiger partial charge in [0.25, 0.3) is 0 Å². The SMILES string of the molecule is COc1ccc(-c2noc(CN3CCN(c4cc(C)cc(C)c4)C(=O)C3=O)n2)cc1. The molecular formula is C22H22N4O4. The Kier molecular flexibility index (Phi) is 5.22. The van der Waals surface area contributed by atoms with Crippen molar-refractivity contribution in [1.82, 2.24) is 15.0 Å². The summed E-state index contributed by atoms with van der Waals surface area (Å²) in [6.45, 7) is 4.82. The smallest absolute Gasteiger partial charge is 0.316 e. The predicted octanol–water partition coefficient (Wildman–Crippen LogP) is 2.74. The molecule has 0 N–H and O–H groups in total. The van der Waals surface area contributed by atoms with Gasteiger partial charge in [0.15, 0.2) is 0 Å². The van der Waals surface area contributed by atoms with Gasteiger partial charge in [0.1, 0.15) is 12.3 Å². The first-order valence-corrected chi connectivity index (χ1v) is 9.60. The first-order chi connectivity index (χ1) is 14.4. The summed E-state index contributed by atoms with van der Waals surface area (Å²) in [6.07, 6.45) is 0. The molecule has 0 aliphatic carbocycles. The maximum Gasteiger partial charge on any atom is 0.316 e. The van der Waals surface area contributed by atoms with E-state index in [9.17, 15) is 9.59 Å². The number of hydrogen-bond acceptors (Lipinski definition) is 6. The first kappa shape index (κ1) is 19.6. The largest absolute Gasteiger partial charge is 0.497 e. The Labute approximate surface area is 174 Å². The lowest BCUT2D eigenvalue weighted by atomic mass is 10.1. The van der Waals surface area contributed by atoms with Gasteiger partial charge in [0, 0.05) is 24.3 Å². The quantitative estimate of drug-likeness (QED) is 0.606. The second kappa shape index (κ2) is 7.98. The van der Waals surface area contributed by atoms with Crippen LogP contribution in [-0.4, -0.2) is 47.1 Å². The molecule has 2 aromatic carbocycles. The molecule has 4 rings (SSSR count). The molecule has 154 valence electrons. The van der Waals surface area contributed by atoms with Gasteiger partial charge in [0.05, 0.1) is 7.11 Å². The fourth-order valence-electron chi connectivity index (χ4n) is 3.52. The van der Waals surface area contributed by atoms with Crippen LogP contribution in [0.4, 0.5) is 5.69 Å². The number of carbonyl (C=O) groups is 2. The Morgan fingerprint density at radius 3 is 2.37 bits per heavy atom. The van der Waals surface area contributed by atoms with E-state index in [1.165, 1.54) is 9.80 Å². The fraction of sp³-hybridized carbons (Fsp3) is 0.273. The van der Waals surface area contributed by atoms with Crippen LogP contribution in [-0.2, 0) is 16.1 Å². The topological polar surface area (TPSA) is 88.8 Å². The van der Waals surface area contributed by atoms with Crippen LogP contribution in [0.2, 0.25) is 0 Å². The van der Waals surface area contributed by atoms with Gasteiger partial charge in [-0.1, -0.05) is 11.2 Å². The van der Waals surface area contributed by atoms with Crippen LogP contribution in [0.15, 0.2) is 47.0 Å². The highest BCUT2D eigenvalue weighted by atomic mass is 16.5. The zero-order valence-electron chi connectivity index (χ0n) is 17.1. The van der Waals surface area contributed by atoms with E-state index in [1.54, 1.807) is 19.2 Å². The van der Waals surface area contributed by atoms with E-state index >= 15 is 0 Å². The lowest BCUT2D eigenvalue weighted by Gasteiger charge is -2.33. The first-order valence-electron chi connectivity index (χ1n) is 9.60. The summed E-state index contributed by atoms with van der Waals surface area (Å²) in [5.74, 6) is 0.293. The van der Waals surface area contributed by atoms with Crippen LogP contribution in [0.3, 0.4) is 0 Å². The van der Waals surface area contributed by atoms with Crippen molar-refractivity contribution in [2.24, 2.45) is 0 Å². The molecule has 8 nitrogen and oxygen atoms in total. The molecular weight excluding hydrogens is 384 g/mol. The van der Waals surface area contributed by atoms with E-state index in [2.05, 4.69) is 10.1 Å². The van der Waals surface area contributed by atoms with E-state index in [0.29, 0.717) is 18.9 Å². The number of carbonyl (C=O) groups excluding carboxylic acids is 2. The molecule has 2 amide bonds. The number of aryl methyl sites for hydroxylation is 2. The van der Waals surface area contributed by atoms with Crippen molar-refractivity contribution in [2.75, 3.05) is 25.1 Å². The third-order valence-electron chi connectivity index (χ3n) is 4.97. The van der Waals surface area contributed by atoms with Gasteiger partial charge in [-0.15, -0.1) is 0 Å². The van der Waals surface area contributed by atoms with Crippen LogP contribution >= 0.6 is 0 Å². The zero-order chi connectivity index (χ0) is 21.3. The number of ether oxygens (including phenoxy) is 1. The number of nitrogens with zero attached hydrogens (tertiary/aromatic N) is 4. The highest BCUT2D eigenvalue weighted by molar-refractivity contribution is 6.40. The van der Waals surface area contributed by atoms with Gasteiger partial charge in [-0.05, 0) is 61.4 Å². The molecule has 2 heterocycles. The molecule has 1 aliphatic rings. The van der Waals surface area contributed by atoms with Gasteiger partial charge in [-0.3, -0.25) is 9.59 Å². The molecule has 0 saturated carbocycles. The van der Waals surface area contributed by atoms with Crippen molar-refractivity contribution in [3.8, 4) is 17.1 Å². The standard InChI is InChI=1S/C22H22N4O4/c1-14-10-15(2)12-17(11-14)26-9-8-25(21(27)22(26)28)13-19-23-20(24-30-19)16-4-6-18(29-3)7-5-16/h4-7,10-12H,8-9,13H2,1-3H3. The van der Waals surface area contributed by atoms with Crippen molar-refractivity contribution in [3.05, 3.63) is 59.5 Å². The molecule has 0 atom stereocenters. The van der Waals surface area contributed by atoms with Crippen LogP contribution in [0.1, 0.15) is 17.0 Å². The maximum absolute atomic E-state index is 12.7. The molecule has 0 bridgehead atoms. The van der Waals surface area contributed by atoms with Crippen LogP contribution < -0.4 is 9.64 Å². The number of hydrogen-bond donors (Lipinski definition) is 0. The van der Waals surface area contributed by atoms with Gasteiger partial charge in [-0.2, -0.15) is 4.98 Å². The highest BCUT2D eigenvalue weighted by Gasteiger charge is 2.34. The molecule has 1 fully saturated rings. The highest BCUT2D eigenvalue weighted by Crippen LogP contribution is 2.23. The number of amides is 2. The minimum atomic E-state index is -0.579. The Hall–Kier alpha value is -3.68. The lowest BCUT2D eigenvalue weighted by Crippen LogP contribution is -2.54. The average Bonchev–Trinajstić information content (AvgIpc) is 3.19. The van der Waals surface area contributed by atoms with E-state index < -0.39 is 11.8 Å². The number of piperazine rings is 1. The van der Waals surface area contributed by atoms with Gasteiger partial charge < -0.3 is 19.1 Å². The van der Waals surface area contributed by atoms with Crippen molar-refractivity contribution in [1.29, 1.82) is 0 Å². The number of rotatable bonds is 5. The number of methoxy groups -OCH3 is 1. The van der Waals surface area contributed by atoms with Crippen molar-refractivity contribution in [2.45, 2.75) is 20.4 Å². The van der Waals surface area contributed by atoms with Crippen LogP contribution in [0, 0.1) is 13.8 Å². The van der Waals surface area contributed by atoms with Gasteiger partial charge in [-0.25, -0.2) is 0 Å². The monoisotopic (exact) mass is 406 g/mol. The zero-order valence-corrected chi connectivity index (χ0v) is 17.1. The Balaban J connectivity index is 1.46. The van der Waals surface area contributed by atoms with Gasteiger partial charge in [0.2, 0.25) is 11.7 Å². The molecule has 0 radical (unpaired) electrons. The van der Waals surface area contributed by atoms with E-state index in [-0.39, 0.29) is 12.4 Å². The number of benzene rings is 2. The second-order valence-electron chi connectivity index (χ2n) is 7.27. The normalized spacial score (nSPS) is 14.4. The van der Waals surface area contributed by atoms with Crippen molar-refractivity contribution >= 4 is 17.5 Å². The van der Waals surface area contributed by atoms with Crippen molar-refractivity contribution in [3.63, 3.8) is 0 Å². The summed E-state index contributed by atoms with van der Waals surface area (Å²) in [5, 5.41) is 3.97. The van der Waals surface area contributed by atoms with Gasteiger partial charge >= 0.3 is 11.8 Å². The molecule has 0 spiro atoms. The maximum atomic E-state index is 12.7. The minimum Gasteiger partial charge on any atom is -0.497 e. The minimum absolute atomic E-state index is 0.0917. The molecule has 1 aromatic heterocycles. The number of aromatic nitrogens is 2. The Morgan fingerprint density at radius 2 is 1.70 bits per heavy atom. The average molecular weight is 406 g/mol. The molecule has 0 unspecified atom stereocenters. The third kappa shape index (κ3) is 3.89. The van der Waals surface area contributed by atoms with E-state index in [0.717, 1.165) is 28.1 Å². The molecule has 8 heteroatoms. The Bertz CT molecular complexity index is 1070. The fourth-order valence-corrected chi connectivity index (χ4v) is 3.52. The van der Waals surface area contributed by atoms with E-state index in [1.807, 2.05) is 44.2 Å². The molecule has 1 saturated heterocycles. The second-order valence-corrected chi connectivity index (χ2v) is 7.27. The van der Waals surface area contributed by atoms with E-state index in [4.69, 9.17) is 9.26 Å². The molecule has 1 aliphatic heterocycles. The lowest BCUT2D eigenvalue weighted by molar-refractivity contribution is -0.146. The molecule has 30 heavy (non-hydrogen) atoms. The third-order valence-corrected chi connectivity index (χ3v) is 4.97.